The van der Waals surface area contributed by atoms with Gasteiger partial charge < -0.3 is 29.2 Å². The fourth-order valence-corrected chi connectivity index (χ4v) is 3.98. The van der Waals surface area contributed by atoms with E-state index in [1.165, 1.54) is 0 Å². The lowest BCUT2D eigenvalue weighted by Gasteiger charge is -2.38. The second-order valence-corrected chi connectivity index (χ2v) is 7.33. The number of carbonyl (C=O) groups excluding carboxylic acids is 1. The Morgan fingerprint density at radius 2 is 1.77 bits per heavy atom. The molecule has 0 saturated heterocycles. The van der Waals surface area contributed by atoms with Crippen molar-refractivity contribution in [1.82, 2.24) is 4.90 Å². The van der Waals surface area contributed by atoms with Gasteiger partial charge in [0, 0.05) is 12.2 Å². The molecule has 0 fully saturated rings. The molecule has 0 saturated carbocycles. The summed E-state index contributed by atoms with van der Waals surface area (Å²) < 4.78 is 21.8. The highest BCUT2D eigenvalue weighted by Gasteiger charge is 2.33. The molecule has 1 atom stereocenters. The molecular formula is C24H22N2O5. The van der Waals surface area contributed by atoms with Gasteiger partial charge in [0.1, 0.15) is 6.17 Å². The summed E-state index contributed by atoms with van der Waals surface area (Å²) in [5, 5.41) is 3.51. The van der Waals surface area contributed by atoms with Crippen molar-refractivity contribution in [3.05, 3.63) is 77.4 Å². The van der Waals surface area contributed by atoms with E-state index < -0.39 is 0 Å². The van der Waals surface area contributed by atoms with Gasteiger partial charge in [-0.1, -0.05) is 24.3 Å². The number of fused-ring (bicyclic) bond motifs is 2. The number of rotatable bonds is 5. The molecular weight excluding hydrogens is 396 g/mol. The Labute approximate surface area is 180 Å². The van der Waals surface area contributed by atoms with Crippen LogP contribution in [0.15, 0.2) is 60.7 Å². The average Bonchev–Trinajstić information content (AvgIpc) is 3.28. The third-order valence-electron chi connectivity index (χ3n) is 5.54. The second-order valence-electron chi connectivity index (χ2n) is 7.33. The van der Waals surface area contributed by atoms with Crippen LogP contribution in [0.5, 0.6) is 23.0 Å². The Balaban J connectivity index is 1.55. The Bertz CT molecular complexity index is 1150. The van der Waals surface area contributed by atoms with Crippen LogP contribution in [0, 0.1) is 0 Å². The summed E-state index contributed by atoms with van der Waals surface area (Å²) >= 11 is 0. The van der Waals surface area contributed by atoms with Gasteiger partial charge in [0.05, 0.1) is 19.8 Å². The van der Waals surface area contributed by atoms with Crippen molar-refractivity contribution >= 4 is 11.6 Å². The van der Waals surface area contributed by atoms with Gasteiger partial charge in [0.2, 0.25) is 6.79 Å². The van der Waals surface area contributed by atoms with Crippen LogP contribution < -0.4 is 24.3 Å². The Morgan fingerprint density at radius 1 is 0.968 bits per heavy atom. The molecule has 5 rings (SSSR count). The van der Waals surface area contributed by atoms with Gasteiger partial charge in [-0.25, -0.2) is 0 Å². The minimum atomic E-state index is -0.382. The van der Waals surface area contributed by atoms with Crippen LogP contribution >= 0.6 is 0 Å². The number of nitrogens with one attached hydrogen (secondary N) is 1. The first-order valence-corrected chi connectivity index (χ1v) is 9.95. The molecule has 0 radical (unpaired) electrons. The van der Waals surface area contributed by atoms with Crippen LogP contribution in [0.4, 0.5) is 5.69 Å². The zero-order valence-corrected chi connectivity index (χ0v) is 17.3. The van der Waals surface area contributed by atoms with E-state index in [4.69, 9.17) is 18.9 Å². The first-order valence-electron chi connectivity index (χ1n) is 9.95. The predicted octanol–water partition coefficient (Wildman–Crippen LogP) is 4.20. The van der Waals surface area contributed by atoms with Crippen LogP contribution in [0.1, 0.15) is 27.7 Å². The molecule has 3 aromatic carbocycles. The number of para-hydroxylation sites is 1. The standard InChI is InChI=1S/C24H22N2O5/c1-28-19-10-8-16(12-21(19)29-2)23-25-18-6-4-3-5-17(18)24(27)26(23)13-15-7-9-20-22(11-15)31-14-30-20/h3-12,23,25H,13-14H2,1-2H3/t23-/m1/s1. The summed E-state index contributed by atoms with van der Waals surface area (Å²) in [6.45, 7) is 0.612. The second kappa shape index (κ2) is 7.75. The van der Waals surface area contributed by atoms with Crippen LogP contribution in [-0.2, 0) is 6.54 Å². The van der Waals surface area contributed by atoms with E-state index in [1.807, 2.05) is 60.7 Å². The number of methoxy groups -OCH3 is 2. The normalized spacial score (nSPS) is 16.5. The number of amides is 1. The molecule has 3 aromatic rings. The number of ether oxygens (including phenoxy) is 4. The largest absolute Gasteiger partial charge is 0.493 e. The molecule has 0 unspecified atom stereocenters. The summed E-state index contributed by atoms with van der Waals surface area (Å²) in [7, 11) is 3.20. The summed E-state index contributed by atoms with van der Waals surface area (Å²) in [4.78, 5) is 15.3. The van der Waals surface area contributed by atoms with Crippen LogP contribution in [0.2, 0.25) is 0 Å². The van der Waals surface area contributed by atoms with Crippen LogP contribution in [-0.4, -0.2) is 31.8 Å². The van der Waals surface area contributed by atoms with Gasteiger partial charge in [-0.3, -0.25) is 4.79 Å². The highest BCUT2D eigenvalue weighted by atomic mass is 16.7. The SMILES string of the molecule is COc1ccc([C@@H]2Nc3ccccc3C(=O)N2Cc2ccc3c(c2)OCO3)cc1OC. The van der Waals surface area contributed by atoms with Gasteiger partial charge in [-0.05, 0) is 47.5 Å². The number of hydrogen-bond donors (Lipinski definition) is 1. The van der Waals surface area contributed by atoms with Gasteiger partial charge in [0.25, 0.3) is 5.91 Å². The fraction of sp³-hybridized carbons (Fsp3) is 0.208. The van der Waals surface area contributed by atoms with Crippen molar-refractivity contribution in [2.45, 2.75) is 12.7 Å². The number of hydrogen-bond acceptors (Lipinski definition) is 6. The van der Waals surface area contributed by atoms with Crippen LogP contribution in [0.3, 0.4) is 0 Å². The van der Waals surface area contributed by atoms with Crippen molar-refractivity contribution in [1.29, 1.82) is 0 Å². The molecule has 2 aliphatic heterocycles. The maximum Gasteiger partial charge on any atom is 0.258 e. The summed E-state index contributed by atoms with van der Waals surface area (Å²) in [5.74, 6) is 2.60. The lowest BCUT2D eigenvalue weighted by atomic mass is 10.0. The van der Waals surface area contributed by atoms with Crippen molar-refractivity contribution in [2.24, 2.45) is 0 Å². The van der Waals surface area contributed by atoms with E-state index in [-0.39, 0.29) is 18.9 Å². The monoisotopic (exact) mass is 418 g/mol. The molecule has 0 spiro atoms. The lowest BCUT2D eigenvalue weighted by molar-refractivity contribution is 0.0666. The van der Waals surface area contributed by atoms with E-state index >= 15 is 0 Å². The highest BCUT2D eigenvalue weighted by molar-refractivity contribution is 6.01. The maximum absolute atomic E-state index is 13.5. The molecule has 7 nitrogen and oxygen atoms in total. The first kappa shape index (κ1) is 19.1. The number of anilines is 1. The Morgan fingerprint density at radius 3 is 2.61 bits per heavy atom. The molecule has 1 amide bonds. The molecule has 0 aromatic heterocycles. The van der Waals surface area contributed by atoms with Gasteiger partial charge >= 0.3 is 0 Å². The van der Waals surface area contributed by atoms with E-state index in [9.17, 15) is 4.79 Å². The van der Waals surface area contributed by atoms with E-state index in [2.05, 4.69) is 5.32 Å². The van der Waals surface area contributed by atoms with Crippen molar-refractivity contribution in [2.75, 3.05) is 26.3 Å². The molecule has 7 heteroatoms. The summed E-state index contributed by atoms with van der Waals surface area (Å²) in [6.07, 6.45) is -0.382. The Hall–Kier alpha value is -3.87. The molecule has 31 heavy (non-hydrogen) atoms. The predicted molar refractivity (Wildman–Crippen MR) is 115 cm³/mol. The molecule has 158 valence electrons. The summed E-state index contributed by atoms with van der Waals surface area (Å²) in [5.41, 5.74) is 3.28. The molecule has 2 aliphatic rings. The number of nitrogens with zero attached hydrogens (tertiary/aromatic N) is 1. The van der Waals surface area contributed by atoms with E-state index in [0.29, 0.717) is 35.1 Å². The van der Waals surface area contributed by atoms with E-state index in [0.717, 1.165) is 16.8 Å². The molecule has 0 aliphatic carbocycles. The zero-order chi connectivity index (χ0) is 21.4. The third kappa shape index (κ3) is 3.38. The highest BCUT2D eigenvalue weighted by Crippen LogP contribution is 2.39. The minimum Gasteiger partial charge on any atom is -0.493 e. The first-order chi connectivity index (χ1) is 15.2. The van der Waals surface area contributed by atoms with Crippen LogP contribution in [0.25, 0.3) is 0 Å². The minimum absolute atomic E-state index is 0.0493. The fourth-order valence-electron chi connectivity index (χ4n) is 3.98. The van der Waals surface area contributed by atoms with Gasteiger partial charge in [-0.15, -0.1) is 0 Å². The van der Waals surface area contributed by atoms with Gasteiger partial charge in [-0.2, -0.15) is 0 Å². The van der Waals surface area contributed by atoms with Crippen molar-refractivity contribution in [3.8, 4) is 23.0 Å². The summed E-state index contributed by atoms with van der Waals surface area (Å²) in [6, 6.07) is 19.0. The Kier molecular flexibility index (Phi) is 4.78. The number of benzene rings is 3. The molecule has 2 heterocycles. The zero-order valence-electron chi connectivity index (χ0n) is 17.3. The third-order valence-corrected chi connectivity index (χ3v) is 5.54. The molecule has 0 bridgehead atoms. The van der Waals surface area contributed by atoms with Gasteiger partial charge in [0.15, 0.2) is 23.0 Å². The average molecular weight is 418 g/mol. The lowest BCUT2D eigenvalue weighted by Crippen LogP contribution is -2.42. The maximum atomic E-state index is 13.5. The smallest absolute Gasteiger partial charge is 0.258 e. The van der Waals surface area contributed by atoms with E-state index in [1.54, 1.807) is 19.1 Å². The van der Waals surface area contributed by atoms with Crippen molar-refractivity contribution in [3.63, 3.8) is 0 Å². The quantitative estimate of drug-likeness (QED) is 0.670. The number of carbonyl (C=O) groups is 1. The van der Waals surface area contributed by atoms with Crippen molar-refractivity contribution < 1.29 is 23.7 Å². The molecule has 1 N–H and O–H groups in total. The topological polar surface area (TPSA) is 69.3 Å².